The minimum absolute atomic E-state index is 0.0357. The first kappa shape index (κ1) is 23.5. The molecule has 0 spiro atoms. The first-order valence-electron chi connectivity index (χ1n) is 10.4. The molecule has 8 nitrogen and oxygen atoms in total. The molecule has 174 valence electrons. The molecule has 0 unspecified atom stereocenters. The van der Waals surface area contributed by atoms with Crippen molar-refractivity contribution < 1.29 is 19.1 Å². The van der Waals surface area contributed by atoms with E-state index >= 15 is 0 Å². The zero-order valence-electron chi connectivity index (χ0n) is 18.6. The van der Waals surface area contributed by atoms with Crippen LogP contribution < -0.4 is 20.3 Å². The number of rotatable bonds is 7. The van der Waals surface area contributed by atoms with Gasteiger partial charge in [-0.25, -0.2) is 9.88 Å². The van der Waals surface area contributed by atoms with Gasteiger partial charge in [0.25, 0.3) is 17.7 Å². The molecule has 3 amide bonds. The molecule has 3 aromatic rings. The Kier molecular flexibility index (Phi) is 6.67. The molecule has 0 radical (unpaired) electrons. The molecule has 2 heterocycles. The molecule has 0 saturated carbocycles. The Morgan fingerprint density at radius 3 is 2.32 bits per heavy atom. The highest BCUT2D eigenvalue weighted by atomic mass is 35.5. The van der Waals surface area contributed by atoms with Crippen molar-refractivity contribution in [3.05, 3.63) is 75.4 Å². The van der Waals surface area contributed by atoms with E-state index in [1.54, 1.807) is 48.5 Å². The average molecular weight is 497 g/mol. The molecule has 2 N–H and O–H groups in total. The number of carbonyl (C=O) groups is 3. The van der Waals surface area contributed by atoms with Crippen LogP contribution >= 0.6 is 22.9 Å². The van der Waals surface area contributed by atoms with Gasteiger partial charge in [0.2, 0.25) is 0 Å². The topological polar surface area (TPSA) is 101 Å². The van der Waals surface area contributed by atoms with Crippen molar-refractivity contribution in [1.29, 1.82) is 0 Å². The first-order valence-corrected chi connectivity index (χ1v) is 11.6. The summed E-state index contributed by atoms with van der Waals surface area (Å²) in [5.74, 6) is -0.864. The maximum absolute atomic E-state index is 12.9. The van der Waals surface area contributed by atoms with Gasteiger partial charge in [0.05, 0.1) is 18.0 Å². The highest BCUT2D eigenvalue weighted by molar-refractivity contribution is 7.15. The molecule has 0 fully saturated rings. The van der Waals surface area contributed by atoms with E-state index in [1.807, 2.05) is 20.8 Å². The van der Waals surface area contributed by atoms with Gasteiger partial charge in [-0.1, -0.05) is 11.6 Å². The van der Waals surface area contributed by atoms with Gasteiger partial charge in [0.15, 0.2) is 5.13 Å². The van der Waals surface area contributed by atoms with E-state index < -0.39 is 11.8 Å². The summed E-state index contributed by atoms with van der Waals surface area (Å²) in [6.07, 6.45) is 0. The van der Waals surface area contributed by atoms with Crippen molar-refractivity contribution in [2.24, 2.45) is 0 Å². The molecule has 0 atom stereocenters. The molecule has 1 aromatic heterocycles. The summed E-state index contributed by atoms with van der Waals surface area (Å²) in [6, 6.07) is 13.0. The second kappa shape index (κ2) is 9.66. The van der Waals surface area contributed by atoms with Crippen LogP contribution in [-0.2, 0) is 9.59 Å². The lowest BCUT2D eigenvalue weighted by Gasteiger charge is -2.15. The van der Waals surface area contributed by atoms with Crippen LogP contribution in [0.2, 0.25) is 0 Å². The van der Waals surface area contributed by atoms with Crippen molar-refractivity contribution in [2.45, 2.75) is 20.8 Å². The Morgan fingerprint density at radius 1 is 1.06 bits per heavy atom. The smallest absolute Gasteiger partial charge is 0.283 e. The molecular weight excluding hydrogens is 476 g/mol. The molecule has 2 aromatic carbocycles. The number of carbonyl (C=O) groups excluding carboxylic acids is 3. The fourth-order valence-electron chi connectivity index (χ4n) is 3.25. The Balaban J connectivity index is 1.46. The number of nitrogens with one attached hydrogen (secondary N) is 2. The second-order valence-corrected chi connectivity index (χ2v) is 8.96. The van der Waals surface area contributed by atoms with E-state index in [2.05, 4.69) is 15.6 Å². The van der Waals surface area contributed by atoms with Gasteiger partial charge in [0.1, 0.15) is 16.5 Å². The van der Waals surface area contributed by atoms with E-state index in [0.717, 1.165) is 15.5 Å². The summed E-state index contributed by atoms with van der Waals surface area (Å²) in [7, 11) is 0. The van der Waals surface area contributed by atoms with Crippen LogP contribution in [0.4, 0.5) is 16.5 Å². The zero-order valence-corrected chi connectivity index (χ0v) is 20.2. The fraction of sp³-hybridized carbons (Fsp3) is 0.167. The standard InChI is InChI=1S/C24H21ClN4O4S/c1-4-33-18-11-9-17(10-12-18)29-22(31)19(25)20(23(29)32)27-16-7-5-15(6-8-16)21(30)28-24-26-13(2)14(3)34-24/h5-12,27H,4H2,1-3H3,(H,26,28,30). The number of benzene rings is 2. The van der Waals surface area contributed by atoms with E-state index in [9.17, 15) is 14.4 Å². The fourth-order valence-corrected chi connectivity index (χ4v) is 4.27. The van der Waals surface area contributed by atoms with Gasteiger partial charge in [-0.15, -0.1) is 11.3 Å². The van der Waals surface area contributed by atoms with Gasteiger partial charge in [0, 0.05) is 16.1 Å². The molecule has 0 saturated heterocycles. The van der Waals surface area contributed by atoms with Crippen molar-refractivity contribution in [1.82, 2.24) is 4.98 Å². The summed E-state index contributed by atoms with van der Waals surface area (Å²) in [5, 5.41) is 5.99. The number of amides is 3. The number of hydrogen-bond acceptors (Lipinski definition) is 7. The maximum atomic E-state index is 12.9. The Hall–Kier alpha value is -3.69. The van der Waals surface area contributed by atoms with Gasteiger partial charge in [-0.05, 0) is 69.3 Å². The minimum Gasteiger partial charge on any atom is -0.494 e. The summed E-state index contributed by atoms with van der Waals surface area (Å²) in [4.78, 5) is 44.4. The third-order valence-electron chi connectivity index (χ3n) is 5.10. The lowest BCUT2D eigenvalue weighted by molar-refractivity contribution is -0.120. The lowest BCUT2D eigenvalue weighted by Crippen LogP contribution is -2.32. The molecule has 10 heteroatoms. The number of anilines is 3. The Bertz CT molecular complexity index is 1280. The van der Waals surface area contributed by atoms with Crippen molar-refractivity contribution in [2.75, 3.05) is 22.1 Å². The molecule has 4 rings (SSSR count). The predicted octanol–water partition coefficient (Wildman–Crippen LogP) is 4.85. The summed E-state index contributed by atoms with van der Waals surface area (Å²) < 4.78 is 5.40. The highest BCUT2D eigenvalue weighted by Crippen LogP contribution is 2.31. The van der Waals surface area contributed by atoms with Crippen LogP contribution in [0.25, 0.3) is 0 Å². The SMILES string of the molecule is CCOc1ccc(N2C(=O)C(Cl)=C(Nc3ccc(C(=O)Nc4nc(C)c(C)s4)cc3)C2=O)cc1. The number of nitrogens with zero attached hydrogens (tertiary/aromatic N) is 2. The van der Waals surface area contributed by atoms with Crippen LogP contribution in [0, 0.1) is 13.8 Å². The van der Waals surface area contributed by atoms with Gasteiger partial charge in [-0.3, -0.25) is 19.7 Å². The average Bonchev–Trinajstić information content (AvgIpc) is 3.24. The zero-order chi connectivity index (χ0) is 24.4. The normalized spacial score (nSPS) is 13.5. The number of aromatic nitrogens is 1. The van der Waals surface area contributed by atoms with Crippen LogP contribution in [0.1, 0.15) is 27.9 Å². The van der Waals surface area contributed by atoms with Gasteiger partial charge >= 0.3 is 0 Å². The predicted molar refractivity (Wildman–Crippen MR) is 133 cm³/mol. The Labute approximate surface area is 205 Å². The molecule has 0 bridgehead atoms. The minimum atomic E-state index is -0.622. The van der Waals surface area contributed by atoms with Crippen LogP contribution in [0.3, 0.4) is 0 Å². The van der Waals surface area contributed by atoms with Crippen LogP contribution in [-0.4, -0.2) is 29.3 Å². The first-order chi connectivity index (χ1) is 16.3. The largest absolute Gasteiger partial charge is 0.494 e. The molecular formula is C24H21ClN4O4S. The van der Waals surface area contributed by atoms with Crippen LogP contribution in [0.5, 0.6) is 5.75 Å². The lowest BCUT2D eigenvalue weighted by atomic mass is 10.2. The van der Waals surface area contributed by atoms with E-state index in [1.165, 1.54) is 11.3 Å². The molecule has 34 heavy (non-hydrogen) atoms. The monoisotopic (exact) mass is 496 g/mol. The summed E-state index contributed by atoms with van der Waals surface area (Å²) >= 11 is 7.60. The van der Waals surface area contributed by atoms with E-state index in [4.69, 9.17) is 16.3 Å². The number of imide groups is 1. The third-order valence-corrected chi connectivity index (χ3v) is 6.44. The summed E-state index contributed by atoms with van der Waals surface area (Å²) in [5.41, 5.74) is 2.14. The number of halogens is 1. The quantitative estimate of drug-likeness (QED) is 0.454. The van der Waals surface area contributed by atoms with Crippen molar-refractivity contribution in [3.8, 4) is 5.75 Å². The number of thiazole rings is 1. The van der Waals surface area contributed by atoms with Crippen molar-refractivity contribution >= 4 is 57.2 Å². The number of aryl methyl sites for hydroxylation is 2. The Morgan fingerprint density at radius 2 is 1.74 bits per heavy atom. The summed E-state index contributed by atoms with van der Waals surface area (Å²) in [6.45, 7) is 6.20. The maximum Gasteiger partial charge on any atom is 0.283 e. The molecule has 1 aliphatic rings. The van der Waals surface area contributed by atoms with E-state index in [0.29, 0.717) is 34.4 Å². The highest BCUT2D eigenvalue weighted by Gasteiger charge is 2.39. The molecule has 1 aliphatic heterocycles. The van der Waals surface area contributed by atoms with Crippen molar-refractivity contribution in [3.63, 3.8) is 0 Å². The number of hydrogen-bond donors (Lipinski definition) is 2. The number of ether oxygens (including phenoxy) is 1. The third kappa shape index (κ3) is 4.66. The van der Waals surface area contributed by atoms with Gasteiger partial charge < -0.3 is 10.1 Å². The second-order valence-electron chi connectivity index (χ2n) is 7.38. The van der Waals surface area contributed by atoms with Gasteiger partial charge in [-0.2, -0.15) is 0 Å². The van der Waals surface area contributed by atoms with Crippen LogP contribution in [0.15, 0.2) is 59.3 Å². The van der Waals surface area contributed by atoms with E-state index in [-0.39, 0.29) is 16.6 Å². The molecule has 0 aliphatic carbocycles.